The lowest BCUT2D eigenvalue weighted by Crippen LogP contribution is -2.38. The summed E-state index contributed by atoms with van der Waals surface area (Å²) in [6.45, 7) is 3.50. The van der Waals surface area contributed by atoms with Crippen molar-refractivity contribution in [2.45, 2.75) is 19.6 Å². The molecule has 0 saturated heterocycles. The van der Waals surface area contributed by atoms with E-state index in [2.05, 4.69) is 10.3 Å². The summed E-state index contributed by atoms with van der Waals surface area (Å²) in [6.07, 6.45) is -0.968. The maximum Gasteiger partial charge on any atom is 0.194 e. The molecule has 4 nitrogen and oxygen atoms in total. The molecule has 0 aliphatic carbocycles. The number of hydrogen-bond donors (Lipinski definition) is 2. The summed E-state index contributed by atoms with van der Waals surface area (Å²) in [5.41, 5.74) is 1.43. The molecule has 0 spiro atoms. The van der Waals surface area contributed by atoms with Gasteiger partial charge in [-0.05, 0) is 18.6 Å². The first-order valence-electron chi connectivity index (χ1n) is 8.07. The Hall–Kier alpha value is -2.40. The number of halogens is 1. The van der Waals surface area contributed by atoms with Gasteiger partial charge in [0.05, 0.1) is 6.54 Å². The zero-order valence-corrected chi connectivity index (χ0v) is 14.1. The first-order chi connectivity index (χ1) is 11.6. The fraction of sp³-hybridized carbons (Fsp3) is 0.316. The predicted octanol–water partition coefficient (Wildman–Crippen LogP) is 2.96. The predicted molar refractivity (Wildman–Crippen MR) is 95.2 cm³/mol. The van der Waals surface area contributed by atoms with Crippen molar-refractivity contribution in [3.63, 3.8) is 0 Å². The van der Waals surface area contributed by atoms with Crippen molar-refractivity contribution in [1.82, 2.24) is 10.2 Å². The van der Waals surface area contributed by atoms with Gasteiger partial charge in [-0.15, -0.1) is 0 Å². The van der Waals surface area contributed by atoms with Gasteiger partial charge >= 0.3 is 0 Å². The van der Waals surface area contributed by atoms with Gasteiger partial charge in [0.25, 0.3) is 0 Å². The molecule has 24 heavy (non-hydrogen) atoms. The largest absolute Gasteiger partial charge is 0.386 e. The van der Waals surface area contributed by atoms with Gasteiger partial charge in [0, 0.05) is 25.7 Å². The molecule has 2 aromatic carbocycles. The van der Waals surface area contributed by atoms with Crippen molar-refractivity contribution < 1.29 is 9.50 Å². The van der Waals surface area contributed by atoms with E-state index in [1.807, 2.05) is 49.2 Å². The summed E-state index contributed by atoms with van der Waals surface area (Å²) in [7, 11) is 1.93. The van der Waals surface area contributed by atoms with Crippen LogP contribution in [0.15, 0.2) is 59.6 Å². The van der Waals surface area contributed by atoms with Crippen LogP contribution in [-0.4, -0.2) is 36.1 Å². The Labute approximate surface area is 142 Å². The molecule has 1 unspecified atom stereocenters. The summed E-state index contributed by atoms with van der Waals surface area (Å²) in [5, 5.41) is 13.4. The Morgan fingerprint density at radius 3 is 2.50 bits per heavy atom. The molecule has 0 amide bonds. The standard InChI is InChI=1S/C19H24FN3O/c1-3-21-19(23(2)14-15-9-5-4-6-10-15)22-13-18(24)16-11-7-8-12-17(16)20/h4-12,18,24H,3,13-14H2,1-2H3,(H,21,22). The van der Waals surface area contributed by atoms with Crippen molar-refractivity contribution in [3.05, 3.63) is 71.5 Å². The third kappa shape index (κ3) is 5.06. The van der Waals surface area contributed by atoms with E-state index in [1.54, 1.807) is 18.2 Å². The van der Waals surface area contributed by atoms with Gasteiger partial charge in [0.15, 0.2) is 5.96 Å². The van der Waals surface area contributed by atoms with E-state index in [4.69, 9.17) is 0 Å². The van der Waals surface area contributed by atoms with E-state index in [0.717, 1.165) is 0 Å². The number of aliphatic hydroxyl groups excluding tert-OH is 1. The minimum atomic E-state index is -0.968. The van der Waals surface area contributed by atoms with Gasteiger partial charge in [0.2, 0.25) is 0 Å². The highest BCUT2D eigenvalue weighted by Crippen LogP contribution is 2.16. The second-order valence-corrected chi connectivity index (χ2v) is 5.57. The maximum atomic E-state index is 13.7. The van der Waals surface area contributed by atoms with Gasteiger partial charge < -0.3 is 15.3 Å². The molecule has 1 atom stereocenters. The fourth-order valence-electron chi connectivity index (χ4n) is 2.42. The van der Waals surface area contributed by atoms with Crippen molar-refractivity contribution in [3.8, 4) is 0 Å². The summed E-state index contributed by atoms with van der Waals surface area (Å²) >= 11 is 0. The molecule has 0 aromatic heterocycles. The third-order valence-electron chi connectivity index (χ3n) is 3.64. The zero-order valence-electron chi connectivity index (χ0n) is 14.1. The van der Waals surface area contributed by atoms with Crippen molar-refractivity contribution in [1.29, 1.82) is 0 Å². The molecule has 0 fully saturated rings. The average Bonchev–Trinajstić information content (AvgIpc) is 2.59. The van der Waals surface area contributed by atoms with Crippen LogP contribution < -0.4 is 5.32 Å². The smallest absolute Gasteiger partial charge is 0.194 e. The SMILES string of the molecule is CCNC(=NCC(O)c1ccccc1F)N(C)Cc1ccccc1. The van der Waals surface area contributed by atoms with Crippen LogP contribution in [-0.2, 0) is 6.54 Å². The Morgan fingerprint density at radius 1 is 1.17 bits per heavy atom. The molecule has 0 radical (unpaired) electrons. The maximum absolute atomic E-state index is 13.7. The number of aliphatic imine (C=N–C) groups is 1. The number of nitrogens with one attached hydrogen (secondary N) is 1. The Morgan fingerprint density at radius 2 is 1.83 bits per heavy atom. The van der Waals surface area contributed by atoms with Crippen molar-refractivity contribution in [2.24, 2.45) is 4.99 Å². The summed E-state index contributed by atoms with van der Waals surface area (Å²) in [6, 6.07) is 16.3. The van der Waals surface area contributed by atoms with Crippen LogP contribution in [0.5, 0.6) is 0 Å². The Bertz CT molecular complexity index is 661. The fourth-order valence-corrected chi connectivity index (χ4v) is 2.42. The minimum Gasteiger partial charge on any atom is -0.386 e. The van der Waals surface area contributed by atoms with Crippen LogP contribution in [0.2, 0.25) is 0 Å². The molecule has 0 bridgehead atoms. The first kappa shape index (κ1) is 17.9. The molecule has 0 aliphatic heterocycles. The first-order valence-corrected chi connectivity index (χ1v) is 8.07. The zero-order chi connectivity index (χ0) is 17.4. The monoisotopic (exact) mass is 329 g/mol. The summed E-state index contributed by atoms with van der Waals surface area (Å²) in [5.74, 6) is 0.264. The second-order valence-electron chi connectivity index (χ2n) is 5.57. The molecule has 0 saturated carbocycles. The van der Waals surface area contributed by atoms with Gasteiger partial charge in [0.1, 0.15) is 11.9 Å². The van der Waals surface area contributed by atoms with Crippen LogP contribution >= 0.6 is 0 Å². The highest BCUT2D eigenvalue weighted by Gasteiger charge is 2.13. The topological polar surface area (TPSA) is 47.9 Å². The molecular formula is C19H24FN3O. The number of benzene rings is 2. The van der Waals surface area contributed by atoms with E-state index in [1.165, 1.54) is 11.6 Å². The number of nitrogens with zero attached hydrogens (tertiary/aromatic N) is 2. The number of aliphatic hydroxyl groups is 1. The minimum absolute atomic E-state index is 0.0996. The Balaban J connectivity index is 2.05. The number of rotatable bonds is 6. The van der Waals surface area contributed by atoms with E-state index in [0.29, 0.717) is 19.0 Å². The molecule has 0 heterocycles. The molecule has 2 aromatic rings. The number of hydrogen-bond acceptors (Lipinski definition) is 2. The van der Waals surface area contributed by atoms with Crippen LogP contribution in [0.25, 0.3) is 0 Å². The quantitative estimate of drug-likeness (QED) is 0.633. The van der Waals surface area contributed by atoms with E-state index >= 15 is 0 Å². The lowest BCUT2D eigenvalue weighted by molar-refractivity contribution is 0.181. The van der Waals surface area contributed by atoms with Gasteiger partial charge in [-0.1, -0.05) is 48.5 Å². The molecule has 0 aliphatic rings. The van der Waals surface area contributed by atoms with E-state index in [-0.39, 0.29) is 12.1 Å². The number of guanidine groups is 1. The highest BCUT2D eigenvalue weighted by molar-refractivity contribution is 5.79. The average molecular weight is 329 g/mol. The van der Waals surface area contributed by atoms with Crippen LogP contribution in [0, 0.1) is 5.82 Å². The molecule has 2 rings (SSSR count). The lowest BCUT2D eigenvalue weighted by Gasteiger charge is -2.22. The van der Waals surface area contributed by atoms with E-state index in [9.17, 15) is 9.50 Å². The second kappa shape index (κ2) is 9.03. The van der Waals surface area contributed by atoms with Gasteiger partial charge in [-0.3, -0.25) is 4.99 Å². The normalized spacial score (nSPS) is 12.8. The molecular weight excluding hydrogens is 305 g/mol. The Kier molecular flexibility index (Phi) is 6.75. The van der Waals surface area contributed by atoms with Crippen molar-refractivity contribution in [2.75, 3.05) is 20.1 Å². The lowest BCUT2D eigenvalue weighted by atomic mass is 10.1. The highest BCUT2D eigenvalue weighted by atomic mass is 19.1. The van der Waals surface area contributed by atoms with Gasteiger partial charge in [-0.25, -0.2) is 4.39 Å². The molecule has 128 valence electrons. The molecule has 5 heteroatoms. The van der Waals surface area contributed by atoms with E-state index < -0.39 is 11.9 Å². The summed E-state index contributed by atoms with van der Waals surface area (Å²) < 4.78 is 13.7. The van der Waals surface area contributed by atoms with Crippen LogP contribution in [0.4, 0.5) is 4.39 Å². The van der Waals surface area contributed by atoms with Crippen LogP contribution in [0.3, 0.4) is 0 Å². The molecule has 2 N–H and O–H groups in total. The van der Waals surface area contributed by atoms with Crippen molar-refractivity contribution >= 4 is 5.96 Å². The third-order valence-corrected chi connectivity index (χ3v) is 3.64. The summed E-state index contributed by atoms with van der Waals surface area (Å²) in [4.78, 5) is 6.42. The van der Waals surface area contributed by atoms with Gasteiger partial charge in [-0.2, -0.15) is 0 Å². The van der Waals surface area contributed by atoms with Crippen LogP contribution in [0.1, 0.15) is 24.2 Å².